The minimum atomic E-state index is -4.81. The summed E-state index contributed by atoms with van der Waals surface area (Å²) in [5.74, 6) is -2.27. The van der Waals surface area contributed by atoms with Crippen LogP contribution in [0, 0.1) is 0 Å². The van der Waals surface area contributed by atoms with Gasteiger partial charge in [-0.05, 0) is 18.2 Å². The van der Waals surface area contributed by atoms with E-state index < -0.39 is 26.2 Å². The molecular weight excluding hydrogens is 293 g/mol. The molecular formula is C10H12NO8P. The van der Waals surface area contributed by atoms with E-state index in [-0.39, 0.29) is 17.1 Å². The highest BCUT2D eigenvalue weighted by atomic mass is 31.2. The molecule has 0 heterocycles. The van der Waals surface area contributed by atoms with Gasteiger partial charge in [-0.1, -0.05) is 0 Å². The molecule has 0 atom stereocenters. The summed E-state index contributed by atoms with van der Waals surface area (Å²) in [6, 6.07) is 3.60. The Morgan fingerprint density at radius 1 is 1.30 bits per heavy atom. The lowest BCUT2D eigenvalue weighted by Gasteiger charge is -2.12. The zero-order valence-corrected chi connectivity index (χ0v) is 11.2. The summed E-state index contributed by atoms with van der Waals surface area (Å²) in [5.41, 5.74) is -0.0319. The van der Waals surface area contributed by atoms with Crippen molar-refractivity contribution in [2.24, 2.45) is 0 Å². The molecule has 0 aromatic heterocycles. The number of phosphoric ester groups is 1. The average Bonchev–Trinajstić information content (AvgIpc) is 2.33. The predicted molar refractivity (Wildman–Crippen MR) is 65.6 cm³/mol. The molecule has 9 nitrogen and oxygen atoms in total. The number of benzene rings is 1. The number of hydrogen-bond donors (Lipinski definition) is 4. The van der Waals surface area contributed by atoms with Crippen molar-refractivity contribution >= 4 is 19.7 Å². The molecule has 0 bridgehead atoms. The van der Waals surface area contributed by atoms with Crippen molar-refractivity contribution in [2.75, 3.05) is 13.7 Å². The standard InChI is InChI=1S/C10H12NO8P/c1-18-7-3-2-6(10(14)11-5-9(12)13)4-8(7)19-20(15,16)17/h2-4H,5H2,1H3,(H,11,14)(H,12,13)(H2,15,16,17). The third kappa shape index (κ3) is 4.88. The monoisotopic (exact) mass is 305 g/mol. The molecule has 1 amide bonds. The molecule has 1 rings (SSSR count). The molecule has 0 aliphatic carbocycles. The summed E-state index contributed by atoms with van der Waals surface area (Å²) >= 11 is 0. The van der Waals surface area contributed by atoms with Crippen molar-refractivity contribution < 1.29 is 38.3 Å². The van der Waals surface area contributed by atoms with E-state index in [9.17, 15) is 14.2 Å². The second-order valence-electron chi connectivity index (χ2n) is 3.52. The number of carboxylic acids is 1. The second-order valence-corrected chi connectivity index (χ2v) is 4.69. The van der Waals surface area contributed by atoms with Crippen molar-refractivity contribution in [3.63, 3.8) is 0 Å². The number of aliphatic carboxylic acids is 1. The van der Waals surface area contributed by atoms with E-state index in [1.54, 1.807) is 0 Å². The molecule has 0 saturated heterocycles. The highest BCUT2D eigenvalue weighted by Crippen LogP contribution is 2.42. The summed E-state index contributed by atoms with van der Waals surface area (Å²) in [6.45, 7) is -0.584. The molecule has 0 spiro atoms. The highest BCUT2D eigenvalue weighted by molar-refractivity contribution is 7.46. The van der Waals surface area contributed by atoms with E-state index in [1.165, 1.54) is 19.2 Å². The molecule has 110 valence electrons. The molecule has 0 unspecified atom stereocenters. The normalized spacial score (nSPS) is 10.8. The van der Waals surface area contributed by atoms with Crippen LogP contribution >= 0.6 is 7.82 Å². The molecule has 0 radical (unpaired) electrons. The Morgan fingerprint density at radius 2 is 1.95 bits per heavy atom. The Kier molecular flexibility index (Phi) is 5.09. The number of nitrogens with one attached hydrogen (secondary N) is 1. The third-order valence-corrected chi connectivity index (χ3v) is 2.48. The van der Waals surface area contributed by atoms with Gasteiger partial charge < -0.3 is 19.7 Å². The van der Waals surface area contributed by atoms with Gasteiger partial charge in [-0.2, -0.15) is 0 Å². The summed E-state index contributed by atoms with van der Waals surface area (Å²) < 4.78 is 20.0. The van der Waals surface area contributed by atoms with Crippen LogP contribution in [0.15, 0.2) is 18.2 Å². The van der Waals surface area contributed by atoms with Gasteiger partial charge >= 0.3 is 13.8 Å². The number of hydrogen-bond acceptors (Lipinski definition) is 5. The van der Waals surface area contributed by atoms with Crippen LogP contribution in [0.25, 0.3) is 0 Å². The number of ether oxygens (including phenoxy) is 1. The SMILES string of the molecule is COc1ccc(C(=O)NCC(=O)O)cc1OP(=O)(O)O. The Bertz CT molecular complexity index is 566. The minimum absolute atomic E-state index is 0.0168. The van der Waals surface area contributed by atoms with Gasteiger partial charge in [0.1, 0.15) is 6.54 Å². The van der Waals surface area contributed by atoms with Crippen molar-refractivity contribution in [1.29, 1.82) is 0 Å². The maximum Gasteiger partial charge on any atom is 0.524 e. The summed E-state index contributed by atoms with van der Waals surface area (Å²) in [7, 11) is -3.56. The fourth-order valence-corrected chi connectivity index (χ4v) is 1.67. The number of phosphoric acid groups is 1. The van der Waals surface area contributed by atoms with Crippen molar-refractivity contribution in [1.82, 2.24) is 5.32 Å². The van der Waals surface area contributed by atoms with Crippen LogP contribution in [0.5, 0.6) is 11.5 Å². The van der Waals surface area contributed by atoms with Gasteiger partial charge in [0.2, 0.25) is 0 Å². The number of carbonyl (C=O) groups is 2. The van der Waals surface area contributed by atoms with E-state index in [0.29, 0.717) is 0 Å². The van der Waals surface area contributed by atoms with E-state index in [1.807, 2.05) is 0 Å². The quantitative estimate of drug-likeness (QED) is 0.537. The lowest BCUT2D eigenvalue weighted by molar-refractivity contribution is -0.135. The molecule has 1 aromatic rings. The van der Waals surface area contributed by atoms with Crippen LogP contribution < -0.4 is 14.6 Å². The van der Waals surface area contributed by atoms with Gasteiger partial charge in [0.25, 0.3) is 5.91 Å². The first-order valence-electron chi connectivity index (χ1n) is 5.16. The number of carbonyl (C=O) groups excluding carboxylic acids is 1. The number of methoxy groups -OCH3 is 1. The lowest BCUT2D eigenvalue weighted by Crippen LogP contribution is -2.29. The average molecular weight is 305 g/mol. The Hall–Kier alpha value is -2.09. The second kappa shape index (κ2) is 6.38. The van der Waals surface area contributed by atoms with E-state index in [4.69, 9.17) is 19.6 Å². The van der Waals surface area contributed by atoms with Gasteiger partial charge in [-0.3, -0.25) is 19.4 Å². The van der Waals surface area contributed by atoms with E-state index in [2.05, 4.69) is 9.84 Å². The molecule has 0 saturated carbocycles. The van der Waals surface area contributed by atoms with Crippen molar-refractivity contribution in [3.05, 3.63) is 23.8 Å². The van der Waals surface area contributed by atoms with Crippen LogP contribution in [-0.4, -0.2) is 40.4 Å². The maximum atomic E-state index is 11.6. The zero-order chi connectivity index (χ0) is 15.3. The number of carboxylic acid groups (broad SMARTS) is 1. The van der Waals surface area contributed by atoms with Crippen LogP contribution in [0.4, 0.5) is 0 Å². The lowest BCUT2D eigenvalue weighted by atomic mass is 10.2. The van der Waals surface area contributed by atoms with Crippen LogP contribution in [-0.2, 0) is 9.36 Å². The minimum Gasteiger partial charge on any atom is -0.493 e. The first-order valence-corrected chi connectivity index (χ1v) is 6.69. The third-order valence-electron chi connectivity index (χ3n) is 2.04. The van der Waals surface area contributed by atoms with Gasteiger partial charge in [0, 0.05) is 5.56 Å². The van der Waals surface area contributed by atoms with E-state index in [0.717, 1.165) is 6.07 Å². The number of amides is 1. The Balaban J connectivity index is 3.00. The summed E-state index contributed by atoms with van der Waals surface area (Å²) in [6.07, 6.45) is 0. The Labute approximate surface area is 113 Å². The predicted octanol–water partition coefficient (Wildman–Crippen LogP) is -0.0189. The van der Waals surface area contributed by atoms with Crippen LogP contribution in [0.3, 0.4) is 0 Å². The molecule has 1 aromatic carbocycles. The van der Waals surface area contributed by atoms with Gasteiger partial charge in [-0.25, -0.2) is 4.57 Å². The topological polar surface area (TPSA) is 142 Å². The van der Waals surface area contributed by atoms with E-state index >= 15 is 0 Å². The van der Waals surface area contributed by atoms with Crippen molar-refractivity contribution in [3.8, 4) is 11.5 Å². The van der Waals surface area contributed by atoms with Crippen LogP contribution in [0.1, 0.15) is 10.4 Å². The zero-order valence-electron chi connectivity index (χ0n) is 10.3. The fourth-order valence-electron chi connectivity index (χ4n) is 1.28. The molecule has 20 heavy (non-hydrogen) atoms. The summed E-state index contributed by atoms with van der Waals surface area (Å²) in [5, 5.41) is 10.5. The molecule has 0 fully saturated rings. The largest absolute Gasteiger partial charge is 0.524 e. The number of rotatable bonds is 6. The van der Waals surface area contributed by atoms with Gasteiger partial charge in [-0.15, -0.1) is 0 Å². The fraction of sp³-hybridized carbons (Fsp3) is 0.200. The highest BCUT2D eigenvalue weighted by Gasteiger charge is 2.20. The first-order chi connectivity index (χ1) is 9.23. The molecule has 10 heteroatoms. The Morgan fingerprint density at radius 3 is 2.45 bits per heavy atom. The molecule has 0 aliphatic rings. The smallest absolute Gasteiger partial charge is 0.493 e. The summed E-state index contributed by atoms with van der Waals surface area (Å²) in [4.78, 5) is 39.4. The van der Waals surface area contributed by atoms with Gasteiger partial charge in [0.15, 0.2) is 11.5 Å². The van der Waals surface area contributed by atoms with Gasteiger partial charge in [0.05, 0.1) is 7.11 Å². The molecule has 0 aliphatic heterocycles. The first kappa shape index (κ1) is 16.0. The maximum absolute atomic E-state index is 11.6. The van der Waals surface area contributed by atoms with Crippen LogP contribution in [0.2, 0.25) is 0 Å². The van der Waals surface area contributed by atoms with Crippen molar-refractivity contribution in [2.45, 2.75) is 0 Å². The molecule has 4 N–H and O–H groups in total.